The third-order valence-electron chi connectivity index (χ3n) is 3.97. The summed E-state index contributed by atoms with van der Waals surface area (Å²) in [6.45, 7) is 12.9. The standard InChI is InChI=1S/C19H31N3O3/c1-7-15(14(3)20)13-16(8-2)17(23)21-9-11-22(12-10-21)18(24)25-19(4,5)6/h8,13,20H,7,9-12H2,1-6H3/b15-13-,16-8?,20-14?. The Kier molecular flexibility index (Phi) is 7.39. The average molecular weight is 349 g/mol. The van der Waals surface area contributed by atoms with E-state index in [1.165, 1.54) is 0 Å². The molecule has 25 heavy (non-hydrogen) atoms. The van der Waals surface area contributed by atoms with Gasteiger partial charge in [0.25, 0.3) is 5.91 Å². The van der Waals surface area contributed by atoms with Gasteiger partial charge in [0.1, 0.15) is 5.60 Å². The van der Waals surface area contributed by atoms with Gasteiger partial charge in [-0.25, -0.2) is 4.79 Å². The Morgan fingerprint density at radius 3 is 2.04 bits per heavy atom. The van der Waals surface area contributed by atoms with Crippen molar-refractivity contribution in [2.75, 3.05) is 26.2 Å². The molecule has 0 aromatic carbocycles. The number of piperazine rings is 1. The fourth-order valence-corrected chi connectivity index (χ4v) is 2.53. The van der Waals surface area contributed by atoms with Crippen molar-refractivity contribution >= 4 is 17.7 Å². The number of carbonyl (C=O) groups is 2. The second-order valence-corrected chi connectivity index (χ2v) is 7.15. The van der Waals surface area contributed by atoms with Crippen LogP contribution in [-0.2, 0) is 9.53 Å². The van der Waals surface area contributed by atoms with E-state index < -0.39 is 5.60 Å². The van der Waals surface area contributed by atoms with Crippen LogP contribution in [0.5, 0.6) is 0 Å². The zero-order chi connectivity index (χ0) is 19.2. The molecule has 1 aliphatic rings. The monoisotopic (exact) mass is 349 g/mol. The number of amides is 2. The number of nitrogens with one attached hydrogen (secondary N) is 1. The first-order valence-electron chi connectivity index (χ1n) is 8.78. The van der Waals surface area contributed by atoms with Crippen LogP contribution >= 0.6 is 0 Å². The molecule has 0 unspecified atom stereocenters. The highest BCUT2D eigenvalue weighted by molar-refractivity contribution is 6.01. The highest BCUT2D eigenvalue weighted by Crippen LogP contribution is 2.15. The van der Waals surface area contributed by atoms with Gasteiger partial charge in [-0.2, -0.15) is 0 Å². The molecule has 0 spiro atoms. The van der Waals surface area contributed by atoms with Gasteiger partial charge in [-0.05, 0) is 52.7 Å². The molecule has 1 heterocycles. The topological polar surface area (TPSA) is 73.7 Å². The zero-order valence-corrected chi connectivity index (χ0v) is 16.3. The summed E-state index contributed by atoms with van der Waals surface area (Å²) in [5, 5.41) is 7.77. The van der Waals surface area contributed by atoms with Gasteiger partial charge in [0.15, 0.2) is 0 Å². The van der Waals surface area contributed by atoms with E-state index in [1.54, 1.807) is 28.9 Å². The van der Waals surface area contributed by atoms with Crippen molar-refractivity contribution in [3.05, 3.63) is 23.3 Å². The van der Waals surface area contributed by atoms with Gasteiger partial charge in [-0.3, -0.25) is 4.79 Å². The maximum absolute atomic E-state index is 12.7. The molecular formula is C19H31N3O3. The van der Waals surface area contributed by atoms with E-state index in [4.69, 9.17) is 10.1 Å². The van der Waals surface area contributed by atoms with Crippen molar-refractivity contribution in [3.63, 3.8) is 0 Å². The second kappa shape index (κ2) is 8.83. The molecule has 0 aromatic heterocycles. The quantitative estimate of drug-likeness (QED) is 0.480. The molecule has 1 fully saturated rings. The molecular weight excluding hydrogens is 318 g/mol. The summed E-state index contributed by atoms with van der Waals surface area (Å²) >= 11 is 0. The molecule has 1 aliphatic heterocycles. The highest BCUT2D eigenvalue weighted by atomic mass is 16.6. The summed E-state index contributed by atoms with van der Waals surface area (Å²) < 4.78 is 5.37. The summed E-state index contributed by atoms with van der Waals surface area (Å²) in [4.78, 5) is 28.2. The van der Waals surface area contributed by atoms with E-state index in [-0.39, 0.29) is 12.0 Å². The first kappa shape index (κ1) is 20.9. The summed E-state index contributed by atoms with van der Waals surface area (Å²) in [6, 6.07) is 0. The Labute approximate surface area is 151 Å². The molecule has 0 bridgehead atoms. The first-order chi connectivity index (χ1) is 11.6. The van der Waals surface area contributed by atoms with E-state index in [2.05, 4.69) is 0 Å². The lowest BCUT2D eigenvalue weighted by atomic mass is 10.0. The molecule has 0 atom stereocenters. The van der Waals surface area contributed by atoms with Crippen molar-refractivity contribution in [2.24, 2.45) is 0 Å². The Morgan fingerprint density at radius 1 is 1.12 bits per heavy atom. The average Bonchev–Trinajstić information content (AvgIpc) is 2.53. The van der Waals surface area contributed by atoms with Gasteiger partial charge in [0.05, 0.1) is 0 Å². The fourth-order valence-electron chi connectivity index (χ4n) is 2.53. The third-order valence-corrected chi connectivity index (χ3v) is 3.97. The summed E-state index contributed by atoms with van der Waals surface area (Å²) in [6.07, 6.45) is 3.96. The minimum Gasteiger partial charge on any atom is -0.444 e. The Balaban J connectivity index is 2.71. The fraction of sp³-hybridized carbons (Fsp3) is 0.632. The summed E-state index contributed by atoms with van der Waals surface area (Å²) in [5.74, 6) is -0.0569. The van der Waals surface area contributed by atoms with Crippen LogP contribution in [0.3, 0.4) is 0 Å². The van der Waals surface area contributed by atoms with E-state index in [1.807, 2.05) is 34.6 Å². The first-order valence-corrected chi connectivity index (χ1v) is 8.78. The molecule has 2 amide bonds. The number of hydrogen-bond donors (Lipinski definition) is 1. The number of hydrogen-bond acceptors (Lipinski definition) is 4. The van der Waals surface area contributed by atoms with Crippen LogP contribution in [-0.4, -0.2) is 59.3 Å². The molecule has 6 nitrogen and oxygen atoms in total. The van der Waals surface area contributed by atoms with E-state index in [0.717, 1.165) is 5.57 Å². The molecule has 0 saturated carbocycles. The SMILES string of the molecule is CC=C(/C=C(/CC)C(C)=N)C(=O)N1CCN(C(=O)OC(C)(C)C)CC1. The van der Waals surface area contributed by atoms with Crippen molar-refractivity contribution in [1.82, 2.24) is 9.80 Å². The third kappa shape index (κ3) is 6.36. The van der Waals surface area contributed by atoms with Crippen LogP contribution in [0.25, 0.3) is 0 Å². The van der Waals surface area contributed by atoms with Crippen molar-refractivity contribution in [3.8, 4) is 0 Å². The van der Waals surface area contributed by atoms with Gasteiger partial charge in [0.2, 0.25) is 0 Å². The van der Waals surface area contributed by atoms with E-state index in [9.17, 15) is 9.59 Å². The molecule has 140 valence electrons. The number of ether oxygens (including phenoxy) is 1. The van der Waals surface area contributed by atoms with Crippen LogP contribution in [0, 0.1) is 5.41 Å². The molecule has 1 saturated heterocycles. The molecule has 6 heteroatoms. The lowest BCUT2D eigenvalue weighted by molar-refractivity contribution is -0.128. The van der Waals surface area contributed by atoms with Crippen molar-refractivity contribution < 1.29 is 14.3 Å². The van der Waals surface area contributed by atoms with Gasteiger partial charge >= 0.3 is 6.09 Å². The number of allylic oxidation sites excluding steroid dienone is 2. The van der Waals surface area contributed by atoms with Crippen LogP contribution in [0.15, 0.2) is 23.3 Å². The largest absolute Gasteiger partial charge is 0.444 e. The molecule has 1 rings (SSSR count). The van der Waals surface area contributed by atoms with E-state index >= 15 is 0 Å². The van der Waals surface area contributed by atoms with Gasteiger partial charge < -0.3 is 19.9 Å². The normalized spacial score (nSPS) is 16.7. The van der Waals surface area contributed by atoms with Gasteiger partial charge in [-0.15, -0.1) is 0 Å². The number of carbonyl (C=O) groups excluding carboxylic acids is 2. The van der Waals surface area contributed by atoms with Gasteiger partial charge in [0, 0.05) is 37.5 Å². The second-order valence-electron chi connectivity index (χ2n) is 7.15. The lowest BCUT2D eigenvalue weighted by Crippen LogP contribution is -2.51. The van der Waals surface area contributed by atoms with E-state index in [0.29, 0.717) is 43.9 Å². The number of nitrogens with zero attached hydrogens (tertiary/aromatic N) is 2. The smallest absolute Gasteiger partial charge is 0.410 e. The van der Waals surface area contributed by atoms with Crippen LogP contribution in [0.2, 0.25) is 0 Å². The Hall–Kier alpha value is -2.11. The minimum absolute atomic E-state index is 0.0569. The maximum Gasteiger partial charge on any atom is 0.410 e. The van der Waals surface area contributed by atoms with Crippen LogP contribution in [0.1, 0.15) is 48.0 Å². The summed E-state index contributed by atoms with van der Waals surface area (Å²) in [7, 11) is 0. The van der Waals surface area contributed by atoms with Crippen molar-refractivity contribution in [2.45, 2.75) is 53.6 Å². The van der Waals surface area contributed by atoms with Gasteiger partial charge in [-0.1, -0.05) is 13.0 Å². The minimum atomic E-state index is -0.520. The summed E-state index contributed by atoms with van der Waals surface area (Å²) in [5.41, 5.74) is 1.40. The van der Waals surface area contributed by atoms with Crippen molar-refractivity contribution in [1.29, 1.82) is 5.41 Å². The Bertz CT molecular complexity index is 577. The predicted octanol–water partition coefficient (Wildman–Crippen LogP) is 3.39. The molecule has 0 aromatic rings. The van der Waals surface area contributed by atoms with Crippen LogP contribution < -0.4 is 0 Å². The molecule has 1 N–H and O–H groups in total. The Morgan fingerprint density at radius 2 is 1.64 bits per heavy atom. The maximum atomic E-state index is 12.7. The number of rotatable bonds is 4. The highest BCUT2D eigenvalue weighted by Gasteiger charge is 2.28. The molecule has 0 aliphatic carbocycles. The lowest BCUT2D eigenvalue weighted by Gasteiger charge is -2.35. The van der Waals surface area contributed by atoms with Crippen LogP contribution in [0.4, 0.5) is 4.79 Å². The molecule has 0 radical (unpaired) electrons. The predicted molar refractivity (Wildman–Crippen MR) is 99.9 cm³/mol. The zero-order valence-electron chi connectivity index (χ0n) is 16.3.